The lowest BCUT2D eigenvalue weighted by atomic mass is 10.0. The number of ether oxygens (including phenoxy) is 1. The third-order valence-corrected chi connectivity index (χ3v) is 4.68. The Bertz CT molecular complexity index is 660. The molecular weight excluding hydrogens is 346 g/mol. The molecule has 1 N–H and O–H groups in total. The number of carbonyl (C=O) groups excluding carboxylic acids is 3. The normalized spacial score (nSPS) is 16.9. The summed E-state index contributed by atoms with van der Waals surface area (Å²) >= 11 is 0. The molecule has 1 aromatic carbocycles. The van der Waals surface area contributed by atoms with Crippen molar-refractivity contribution >= 4 is 17.8 Å². The molecule has 0 radical (unpaired) electrons. The standard InChI is InChI=1S/C20H29N3O4/c1-4-27-20(26)17-7-5-6-12-23(17)18(24)14-22(3)13-15-8-10-16(11-9-15)19(25)21-2/h8-11,17H,4-7,12-14H2,1-3H3,(H,21,25)/t17-/m1/s1. The Morgan fingerprint density at radius 1 is 1.22 bits per heavy atom. The van der Waals surface area contributed by atoms with Crippen molar-refractivity contribution in [3.8, 4) is 0 Å². The molecule has 2 amide bonds. The fourth-order valence-corrected chi connectivity index (χ4v) is 3.31. The fraction of sp³-hybridized carbons (Fsp3) is 0.550. The minimum absolute atomic E-state index is 0.0581. The summed E-state index contributed by atoms with van der Waals surface area (Å²) in [4.78, 5) is 40.0. The number of likely N-dealkylation sites (tertiary alicyclic amines) is 1. The van der Waals surface area contributed by atoms with Crippen LogP contribution >= 0.6 is 0 Å². The van der Waals surface area contributed by atoms with Crippen LogP contribution in [0.5, 0.6) is 0 Å². The number of amides is 2. The van der Waals surface area contributed by atoms with Crippen LogP contribution in [0.2, 0.25) is 0 Å². The van der Waals surface area contributed by atoms with E-state index in [0.29, 0.717) is 31.7 Å². The molecule has 27 heavy (non-hydrogen) atoms. The molecule has 0 spiro atoms. The second-order valence-electron chi connectivity index (χ2n) is 6.80. The molecule has 0 aromatic heterocycles. The van der Waals surface area contributed by atoms with Crippen LogP contribution in [-0.4, -0.2) is 67.4 Å². The van der Waals surface area contributed by atoms with Crippen LogP contribution < -0.4 is 5.32 Å². The topological polar surface area (TPSA) is 79.0 Å². The van der Waals surface area contributed by atoms with Crippen molar-refractivity contribution in [1.82, 2.24) is 15.1 Å². The van der Waals surface area contributed by atoms with Gasteiger partial charge in [-0.05, 0) is 50.9 Å². The van der Waals surface area contributed by atoms with Gasteiger partial charge in [0.15, 0.2) is 0 Å². The Morgan fingerprint density at radius 3 is 2.56 bits per heavy atom. The van der Waals surface area contributed by atoms with Crippen molar-refractivity contribution in [1.29, 1.82) is 0 Å². The van der Waals surface area contributed by atoms with Crippen LogP contribution in [0.1, 0.15) is 42.1 Å². The van der Waals surface area contributed by atoms with Crippen LogP contribution in [0.4, 0.5) is 0 Å². The molecule has 0 unspecified atom stereocenters. The van der Waals surface area contributed by atoms with E-state index in [1.165, 1.54) is 0 Å². The molecule has 0 saturated carbocycles. The van der Waals surface area contributed by atoms with Crippen molar-refractivity contribution in [3.05, 3.63) is 35.4 Å². The number of hydrogen-bond acceptors (Lipinski definition) is 5. The zero-order valence-corrected chi connectivity index (χ0v) is 16.4. The monoisotopic (exact) mass is 375 g/mol. The summed E-state index contributed by atoms with van der Waals surface area (Å²) in [5, 5.41) is 2.59. The summed E-state index contributed by atoms with van der Waals surface area (Å²) in [6.45, 7) is 3.50. The van der Waals surface area contributed by atoms with Gasteiger partial charge in [-0.3, -0.25) is 14.5 Å². The van der Waals surface area contributed by atoms with Crippen molar-refractivity contribution < 1.29 is 19.1 Å². The highest BCUT2D eigenvalue weighted by Gasteiger charge is 2.33. The maximum atomic E-state index is 12.7. The van der Waals surface area contributed by atoms with E-state index in [-0.39, 0.29) is 24.3 Å². The van der Waals surface area contributed by atoms with Crippen LogP contribution in [0.15, 0.2) is 24.3 Å². The van der Waals surface area contributed by atoms with Crippen LogP contribution in [0.25, 0.3) is 0 Å². The van der Waals surface area contributed by atoms with Gasteiger partial charge < -0.3 is 15.0 Å². The first-order valence-electron chi connectivity index (χ1n) is 9.42. The van der Waals surface area contributed by atoms with Gasteiger partial charge in [0.25, 0.3) is 5.91 Å². The smallest absolute Gasteiger partial charge is 0.328 e. The molecule has 1 aliphatic rings. The minimum atomic E-state index is -0.466. The summed E-state index contributed by atoms with van der Waals surface area (Å²) < 4.78 is 5.12. The molecule has 7 nitrogen and oxygen atoms in total. The molecule has 0 aliphatic carbocycles. The van der Waals surface area contributed by atoms with Crippen molar-refractivity contribution in [2.45, 2.75) is 38.8 Å². The van der Waals surface area contributed by atoms with Gasteiger partial charge in [0.2, 0.25) is 5.91 Å². The van der Waals surface area contributed by atoms with Crippen LogP contribution in [0, 0.1) is 0 Å². The summed E-state index contributed by atoms with van der Waals surface area (Å²) in [5.41, 5.74) is 1.61. The highest BCUT2D eigenvalue weighted by Crippen LogP contribution is 2.19. The van der Waals surface area contributed by atoms with Crippen LogP contribution in [0.3, 0.4) is 0 Å². The van der Waals surface area contributed by atoms with Gasteiger partial charge in [0, 0.05) is 25.7 Å². The van der Waals surface area contributed by atoms with E-state index < -0.39 is 6.04 Å². The maximum absolute atomic E-state index is 12.7. The van der Waals surface area contributed by atoms with E-state index in [9.17, 15) is 14.4 Å². The Hall–Kier alpha value is -2.41. The first-order chi connectivity index (χ1) is 13.0. The van der Waals surface area contributed by atoms with Crippen LogP contribution in [-0.2, 0) is 20.9 Å². The molecule has 1 heterocycles. The predicted molar refractivity (Wildman–Crippen MR) is 102 cm³/mol. The first-order valence-corrected chi connectivity index (χ1v) is 9.42. The zero-order chi connectivity index (χ0) is 19.8. The second-order valence-corrected chi connectivity index (χ2v) is 6.80. The highest BCUT2D eigenvalue weighted by atomic mass is 16.5. The van der Waals surface area contributed by atoms with E-state index >= 15 is 0 Å². The number of benzene rings is 1. The van der Waals surface area contributed by atoms with Gasteiger partial charge in [-0.2, -0.15) is 0 Å². The molecule has 0 bridgehead atoms. The third kappa shape index (κ3) is 5.79. The van der Waals surface area contributed by atoms with Gasteiger partial charge >= 0.3 is 5.97 Å². The number of piperidine rings is 1. The van der Waals surface area contributed by atoms with Crippen molar-refractivity contribution in [2.24, 2.45) is 0 Å². The number of likely N-dealkylation sites (N-methyl/N-ethyl adjacent to an activating group) is 1. The van der Waals surface area contributed by atoms with Crippen molar-refractivity contribution in [2.75, 3.05) is 33.8 Å². The Labute approximate surface area is 160 Å². The lowest BCUT2D eigenvalue weighted by Crippen LogP contribution is -2.51. The Balaban J connectivity index is 1.93. The number of carbonyl (C=O) groups is 3. The van der Waals surface area contributed by atoms with Gasteiger partial charge in [0.05, 0.1) is 13.2 Å². The number of rotatable bonds is 7. The summed E-state index contributed by atoms with van der Waals surface area (Å²) in [6, 6.07) is 6.84. The highest BCUT2D eigenvalue weighted by molar-refractivity contribution is 5.93. The number of esters is 1. The average molecular weight is 375 g/mol. The Kier molecular flexibility index (Phi) is 7.79. The van der Waals surface area contributed by atoms with Gasteiger partial charge in [-0.25, -0.2) is 4.79 Å². The van der Waals surface area contributed by atoms with E-state index in [0.717, 1.165) is 18.4 Å². The summed E-state index contributed by atoms with van der Waals surface area (Å²) in [5.74, 6) is -0.490. The zero-order valence-electron chi connectivity index (χ0n) is 16.4. The molecule has 1 fully saturated rings. The van der Waals surface area contributed by atoms with E-state index in [1.54, 1.807) is 31.0 Å². The molecule has 1 atom stereocenters. The number of hydrogen-bond donors (Lipinski definition) is 1. The predicted octanol–water partition coefficient (Wildman–Crippen LogP) is 1.42. The molecule has 1 aliphatic heterocycles. The summed E-state index contributed by atoms with van der Waals surface area (Å²) in [6.07, 6.45) is 2.50. The first kappa shape index (κ1) is 20.9. The lowest BCUT2D eigenvalue weighted by Gasteiger charge is -2.35. The van der Waals surface area contributed by atoms with Gasteiger partial charge in [0.1, 0.15) is 6.04 Å². The fourth-order valence-electron chi connectivity index (χ4n) is 3.31. The largest absolute Gasteiger partial charge is 0.464 e. The maximum Gasteiger partial charge on any atom is 0.328 e. The molecule has 148 valence electrons. The lowest BCUT2D eigenvalue weighted by molar-refractivity contribution is -0.157. The summed E-state index contributed by atoms with van der Waals surface area (Å²) in [7, 11) is 3.47. The Morgan fingerprint density at radius 2 is 1.93 bits per heavy atom. The minimum Gasteiger partial charge on any atom is -0.464 e. The van der Waals surface area contributed by atoms with Gasteiger partial charge in [-0.1, -0.05) is 12.1 Å². The van der Waals surface area contributed by atoms with Crippen molar-refractivity contribution in [3.63, 3.8) is 0 Å². The van der Waals surface area contributed by atoms with E-state index in [2.05, 4.69) is 5.32 Å². The quantitative estimate of drug-likeness (QED) is 0.729. The second kappa shape index (κ2) is 10.1. The van der Waals surface area contributed by atoms with Gasteiger partial charge in [-0.15, -0.1) is 0 Å². The molecule has 1 saturated heterocycles. The third-order valence-electron chi connectivity index (χ3n) is 4.68. The SMILES string of the molecule is CCOC(=O)[C@H]1CCCCN1C(=O)CN(C)Cc1ccc(C(=O)NC)cc1. The average Bonchev–Trinajstić information content (AvgIpc) is 2.68. The molecule has 1 aromatic rings. The molecular formula is C20H29N3O4. The van der Waals surface area contributed by atoms with E-state index in [1.807, 2.05) is 24.1 Å². The molecule has 2 rings (SSSR count). The number of nitrogens with zero attached hydrogens (tertiary/aromatic N) is 2. The van der Waals surface area contributed by atoms with E-state index in [4.69, 9.17) is 4.74 Å². The molecule has 7 heteroatoms. The number of nitrogens with one attached hydrogen (secondary N) is 1.